The van der Waals surface area contributed by atoms with E-state index >= 15 is 0 Å². The molecule has 1 fully saturated rings. The van der Waals surface area contributed by atoms with E-state index in [0.29, 0.717) is 6.54 Å². The molecule has 1 rings (SSSR count). The highest BCUT2D eigenvalue weighted by Gasteiger charge is 2.20. The van der Waals surface area contributed by atoms with Gasteiger partial charge in [-0.3, -0.25) is 0 Å². The van der Waals surface area contributed by atoms with E-state index < -0.39 is 5.97 Å². The van der Waals surface area contributed by atoms with Crippen LogP contribution in [0.2, 0.25) is 0 Å². The second kappa shape index (κ2) is 5.91. The van der Waals surface area contributed by atoms with Crippen LogP contribution in [0, 0.1) is 11.8 Å². The fourth-order valence-electron chi connectivity index (χ4n) is 2.25. The van der Waals surface area contributed by atoms with Crippen LogP contribution in [0.1, 0.15) is 33.1 Å². The molecule has 0 aliphatic heterocycles. The maximum absolute atomic E-state index is 10.4. The van der Waals surface area contributed by atoms with Crippen LogP contribution in [0.15, 0.2) is 11.6 Å². The summed E-state index contributed by atoms with van der Waals surface area (Å²) in [5.74, 6) is 0.800. The van der Waals surface area contributed by atoms with Crippen molar-refractivity contribution < 1.29 is 9.90 Å². The average Bonchev–Trinajstić information content (AvgIpc) is 2.50. The molecule has 1 aliphatic rings. The first-order valence-electron chi connectivity index (χ1n) is 5.68. The van der Waals surface area contributed by atoms with Gasteiger partial charge in [-0.25, -0.2) is 4.79 Å². The molecule has 0 aromatic carbocycles. The third kappa shape index (κ3) is 4.98. The third-order valence-electron chi connectivity index (χ3n) is 3.01. The first-order valence-corrected chi connectivity index (χ1v) is 5.68. The van der Waals surface area contributed by atoms with E-state index in [1.54, 1.807) is 0 Å². The summed E-state index contributed by atoms with van der Waals surface area (Å²) in [7, 11) is 0. The van der Waals surface area contributed by atoms with Crippen molar-refractivity contribution in [1.82, 2.24) is 5.32 Å². The van der Waals surface area contributed by atoms with Gasteiger partial charge < -0.3 is 10.4 Å². The molecule has 0 heterocycles. The van der Waals surface area contributed by atoms with E-state index in [-0.39, 0.29) is 0 Å². The highest BCUT2D eigenvalue weighted by molar-refractivity contribution is 5.80. The predicted octanol–water partition coefficient (Wildman–Crippen LogP) is 2.04. The van der Waals surface area contributed by atoms with Gasteiger partial charge in [0.2, 0.25) is 0 Å². The largest absolute Gasteiger partial charge is 0.478 e. The van der Waals surface area contributed by atoms with Gasteiger partial charge in [-0.05, 0) is 38.1 Å². The quantitative estimate of drug-likeness (QED) is 0.684. The Morgan fingerprint density at radius 1 is 1.53 bits per heavy atom. The minimum absolute atomic E-state index is 0.692. The molecule has 0 spiro atoms. The monoisotopic (exact) mass is 211 g/mol. The van der Waals surface area contributed by atoms with Crippen molar-refractivity contribution in [2.45, 2.75) is 33.1 Å². The second-order valence-corrected chi connectivity index (χ2v) is 4.74. The summed E-state index contributed by atoms with van der Waals surface area (Å²) in [5, 5.41) is 11.8. The van der Waals surface area contributed by atoms with Gasteiger partial charge in [0.05, 0.1) is 0 Å². The van der Waals surface area contributed by atoms with Crippen molar-refractivity contribution in [3.05, 3.63) is 11.6 Å². The lowest BCUT2D eigenvalue weighted by Crippen LogP contribution is -2.23. The summed E-state index contributed by atoms with van der Waals surface area (Å²) in [6.07, 6.45) is 5.24. The lowest BCUT2D eigenvalue weighted by molar-refractivity contribution is -0.131. The van der Waals surface area contributed by atoms with Gasteiger partial charge in [-0.2, -0.15) is 0 Å². The Hall–Kier alpha value is -0.830. The smallest absolute Gasteiger partial charge is 0.328 e. The van der Waals surface area contributed by atoms with Crippen molar-refractivity contribution in [1.29, 1.82) is 0 Å². The summed E-state index contributed by atoms with van der Waals surface area (Å²) in [6, 6.07) is 0. The van der Waals surface area contributed by atoms with Crippen molar-refractivity contribution >= 4 is 5.97 Å². The first-order chi connectivity index (χ1) is 7.08. The molecular formula is C12H21NO2. The predicted molar refractivity (Wildman–Crippen MR) is 60.8 cm³/mol. The van der Waals surface area contributed by atoms with Crippen LogP contribution in [0.4, 0.5) is 0 Å². The molecule has 2 unspecified atom stereocenters. The topological polar surface area (TPSA) is 49.3 Å². The number of aliphatic carboxylic acids is 1. The van der Waals surface area contributed by atoms with E-state index in [0.717, 1.165) is 24.0 Å². The minimum Gasteiger partial charge on any atom is -0.478 e. The Morgan fingerprint density at radius 2 is 2.27 bits per heavy atom. The zero-order chi connectivity index (χ0) is 11.3. The summed E-state index contributed by atoms with van der Waals surface area (Å²) < 4.78 is 0. The average molecular weight is 211 g/mol. The van der Waals surface area contributed by atoms with Gasteiger partial charge in [-0.15, -0.1) is 0 Å². The van der Waals surface area contributed by atoms with Crippen LogP contribution >= 0.6 is 0 Å². The van der Waals surface area contributed by atoms with E-state index in [9.17, 15) is 4.79 Å². The summed E-state index contributed by atoms with van der Waals surface area (Å²) in [4.78, 5) is 10.4. The Morgan fingerprint density at radius 3 is 2.80 bits per heavy atom. The summed E-state index contributed by atoms with van der Waals surface area (Å²) in [6.45, 7) is 5.86. The molecule has 86 valence electrons. The molecular weight excluding hydrogens is 190 g/mol. The van der Waals surface area contributed by atoms with Gasteiger partial charge in [0, 0.05) is 12.6 Å². The third-order valence-corrected chi connectivity index (χ3v) is 3.01. The van der Waals surface area contributed by atoms with Gasteiger partial charge >= 0.3 is 5.97 Å². The molecule has 0 amide bonds. The van der Waals surface area contributed by atoms with Crippen LogP contribution < -0.4 is 5.32 Å². The Bertz CT molecular complexity index is 248. The Labute approximate surface area is 91.6 Å². The molecule has 0 saturated heterocycles. The maximum atomic E-state index is 10.4. The van der Waals surface area contributed by atoms with E-state index in [2.05, 4.69) is 12.2 Å². The van der Waals surface area contributed by atoms with Crippen LogP contribution in [0.3, 0.4) is 0 Å². The number of carbonyl (C=O) groups is 1. The van der Waals surface area contributed by atoms with Gasteiger partial charge in [0.15, 0.2) is 0 Å². The zero-order valence-electron chi connectivity index (χ0n) is 9.62. The normalized spacial score (nSPS) is 26.9. The van der Waals surface area contributed by atoms with Crippen LogP contribution in [0.5, 0.6) is 0 Å². The molecule has 0 aromatic heterocycles. The highest BCUT2D eigenvalue weighted by Crippen LogP contribution is 2.29. The number of rotatable bonds is 5. The van der Waals surface area contributed by atoms with Crippen molar-refractivity contribution in [2.75, 3.05) is 13.1 Å². The van der Waals surface area contributed by atoms with Gasteiger partial charge in [-0.1, -0.05) is 18.9 Å². The first kappa shape index (κ1) is 12.2. The standard InChI is InChI=1S/C12H21NO2/c1-9-3-4-11(5-9)8-13-7-10(2)6-12(14)15/h6,9,11,13H,3-5,7-8H2,1-2H3,(H,14,15). The molecule has 15 heavy (non-hydrogen) atoms. The molecule has 1 aliphatic carbocycles. The Kier molecular flexibility index (Phi) is 4.82. The van der Waals surface area contributed by atoms with Crippen molar-refractivity contribution in [3.8, 4) is 0 Å². The fourth-order valence-corrected chi connectivity index (χ4v) is 2.25. The minimum atomic E-state index is -0.858. The van der Waals surface area contributed by atoms with Crippen LogP contribution in [0.25, 0.3) is 0 Å². The van der Waals surface area contributed by atoms with Crippen molar-refractivity contribution in [3.63, 3.8) is 0 Å². The number of carboxylic acids is 1. The van der Waals surface area contributed by atoms with E-state index in [1.807, 2.05) is 6.92 Å². The molecule has 3 nitrogen and oxygen atoms in total. The number of hydrogen-bond donors (Lipinski definition) is 2. The summed E-state index contributed by atoms with van der Waals surface area (Å²) in [5.41, 5.74) is 0.883. The lowest BCUT2D eigenvalue weighted by Gasteiger charge is -2.10. The maximum Gasteiger partial charge on any atom is 0.328 e. The fraction of sp³-hybridized carbons (Fsp3) is 0.750. The highest BCUT2D eigenvalue weighted by atomic mass is 16.4. The Balaban J connectivity index is 2.13. The van der Waals surface area contributed by atoms with Crippen molar-refractivity contribution in [2.24, 2.45) is 11.8 Å². The molecule has 0 radical (unpaired) electrons. The number of carboxylic acid groups (broad SMARTS) is 1. The van der Waals surface area contributed by atoms with Crippen LogP contribution in [-0.4, -0.2) is 24.2 Å². The van der Waals surface area contributed by atoms with Crippen LogP contribution in [-0.2, 0) is 4.79 Å². The second-order valence-electron chi connectivity index (χ2n) is 4.74. The SMILES string of the molecule is CC(=CC(=O)O)CNCC1CCC(C)C1. The molecule has 0 bridgehead atoms. The number of hydrogen-bond acceptors (Lipinski definition) is 2. The lowest BCUT2D eigenvalue weighted by atomic mass is 10.1. The van der Waals surface area contributed by atoms with E-state index in [4.69, 9.17) is 5.11 Å². The van der Waals surface area contributed by atoms with E-state index in [1.165, 1.54) is 25.3 Å². The molecule has 0 aromatic rings. The molecule has 3 heteroatoms. The zero-order valence-corrected chi connectivity index (χ0v) is 9.62. The number of nitrogens with one attached hydrogen (secondary N) is 1. The van der Waals surface area contributed by atoms with Gasteiger partial charge in [0.1, 0.15) is 0 Å². The van der Waals surface area contributed by atoms with Gasteiger partial charge in [0.25, 0.3) is 0 Å². The molecule has 2 atom stereocenters. The molecule has 2 N–H and O–H groups in total. The summed E-state index contributed by atoms with van der Waals surface area (Å²) >= 11 is 0. The molecule has 1 saturated carbocycles.